The van der Waals surface area contributed by atoms with E-state index in [1.54, 1.807) is 23.2 Å². The Balaban J connectivity index is 1.31. The second-order valence-electron chi connectivity index (χ2n) is 8.08. The fourth-order valence-corrected chi connectivity index (χ4v) is 4.53. The van der Waals surface area contributed by atoms with E-state index in [1.807, 2.05) is 35.8 Å². The summed E-state index contributed by atoms with van der Waals surface area (Å²) in [5.74, 6) is 1.33. The molecule has 3 heterocycles. The lowest BCUT2D eigenvalue weighted by molar-refractivity contribution is 0.0626. The number of ether oxygens (including phenoxy) is 2. The average Bonchev–Trinajstić information content (AvgIpc) is 3.28. The number of aromatic nitrogens is 1. The molecular formula is C24H24ClN3O4. The van der Waals surface area contributed by atoms with E-state index < -0.39 is 0 Å². The Hall–Kier alpha value is -3.03. The number of hydrogen-bond acceptors (Lipinski definition) is 5. The van der Waals surface area contributed by atoms with Crippen molar-refractivity contribution in [1.29, 1.82) is 0 Å². The number of fused-ring (bicyclic) bond motifs is 2. The molecule has 8 heteroatoms. The molecule has 0 N–H and O–H groups in total. The van der Waals surface area contributed by atoms with Crippen LogP contribution in [0.3, 0.4) is 0 Å². The highest BCUT2D eigenvalue weighted by atomic mass is 35.5. The molecule has 32 heavy (non-hydrogen) atoms. The summed E-state index contributed by atoms with van der Waals surface area (Å²) >= 11 is 6.12. The van der Waals surface area contributed by atoms with Crippen LogP contribution in [0.1, 0.15) is 22.8 Å². The Morgan fingerprint density at radius 2 is 1.81 bits per heavy atom. The third-order valence-electron chi connectivity index (χ3n) is 6.12. The molecule has 2 aliphatic heterocycles. The van der Waals surface area contributed by atoms with E-state index in [-0.39, 0.29) is 23.7 Å². The zero-order valence-corrected chi connectivity index (χ0v) is 18.6. The van der Waals surface area contributed by atoms with Crippen LogP contribution >= 0.6 is 11.6 Å². The van der Waals surface area contributed by atoms with Gasteiger partial charge in [-0.05, 0) is 42.8 Å². The first-order chi connectivity index (χ1) is 15.5. The lowest BCUT2D eigenvalue weighted by Crippen LogP contribution is -2.49. The summed E-state index contributed by atoms with van der Waals surface area (Å²) in [6.45, 7) is 6.30. The number of pyridine rings is 1. The molecule has 0 radical (unpaired) electrons. The molecular weight excluding hydrogens is 430 g/mol. The summed E-state index contributed by atoms with van der Waals surface area (Å²) in [5, 5.41) is 0.964. The van der Waals surface area contributed by atoms with E-state index >= 15 is 0 Å². The highest BCUT2D eigenvalue weighted by Gasteiger charge is 2.25. The fraction of sp³-hybridized carbons (Fsp3) is 0.333. The highest BCUT2D eigenvalue weighted by Crippen LogP contribution is 2.32. The predicted molar refractivity (Wildman–Crippen MR) is 123 cm³/mol. The van der Waals surface area contributed by atoms with Crippen LogP contribution in [0.5, 0.6) is 11.5 Å². The minimum absolute atomic E-state index is 0.200. The summed E-state index contributed by atoms with van der Waals surface area (Å²) in [6, 6.07) is 11.2. The Morgan fingerprint density at radius 1 is 1.03 bits per heavy atom. The van der Waals surface area contributed by atoms with Gasteiger partial charge in [0.1, 0.15) is 5.56 Å². The van der Waals surface area contributed by atoms with Crippen molar-refractivity contribution in [3.63, 3.8) is 0 Å². The molecule has 0 spiro atoms. The smallest absolute Gasteiger partial charge is 0.259 e. The third kappa shape index (κ3) is 3.82. The standard InChI is InChI=1S/C24H24ClN3O4/c1-2-27-14-19(23(29)18-12-17(25)4-5-20(18)27)24(30)28-9-7-26(8-10-28)13-16-3-6-21-22(11-16)32-15-31-21/h3-6,11-12,14H,2,7-10,13,15H2,1H3. The molecule has 0 unspecified atom stereocenters. The lowest BCUT2D eigenvalue weighted by Gasteiger charge is -2.34. The number of amides is 1. The van der Waals surface area contributed by atoms with Gasteiger partial charge in [-0.1, -0.05) is 17.7 Å². The van der Waals surface area contributed by atoms with Gasteiger partial charge in [0.2, 0.25) is 12.2 Å². The number of rotatable bonds is 4. The van der Waals surface area contributed by atoms with E-state index in [0.717, 1.165) is 42.2 Å². The third-order valence-corrected chi connectivity index (χ3v) is 6.35. The number of piperazine rings is 1. The zero-order valence-electron chi connectivity index (χ0n) is 17.8. The second-order valence-corrected chi connectivity index (χ2v) is 8.51. The highest BCUT2D eigenvalue weighted by molar-refractivity contribution is 6.31. The van der Waals surface area contributed by atoms with E-state index in [4.69, 9.17) is 21.1 Å². The zero-order chi connectivity index (χ0) is 22.2. The second kappa shape index (κ2) is 8.48. The van der Waals surface area contributed by atoms with Crippen molar-refractivity contribution in [1.82, 2.24) is 14.4 Å². The molecule has 5 rings (SSSR count). The summed E-state index contributed by atoms with van der Waals surface area (Å²) in [7, 11) is 0. The van der Waals surface area contributed by atoms with Gasteiger partial charge in [-0.2, -0.15) is 0 Å². The number of nitrogens with zero attached hydrogens (tertiary/aromatic N) is 3. The Bertz CT molecular complexity index is 1250. The summed E-state index contributed by atoms with van der Waals surface area (Å²) in [5.41, 5.74) is 1.86. The first kappa shape index (κ1) is 20.8. The van der Waals surface area contributed by atoms with Crippen LogP contribution in [-0.2, 0) is 13.1 Å². The van der Waals surface area contributed by atoms with Crippen LogP contribution in [-0.4, -0.2) is 53.2 Å². The summed E-state index contributed by atoms with van der Waals surface area (Å²) in [6.07, 6.45) is 1.68. The van der Waals surface area contributed by atoms with Gasteiger partial charge in [-0.15, -0.1) is 0 Å². The van der Waals surface area contributed by atoms with Crippen LogP contribution in [0.25, 0.3) is 10.9 Å². The minimum Gasteiger partial charge on any atom is -0.454 e. The predicted octanol–water partition coefficient (Wildman–Crippen LogP) is 3.36. The molecule has 0 saturated carbocycles. The Labute approximate surface area is 190 Å². The van der Waals surface area contributed by atoms with Crippen LogP contribution in [0.2, 0.25) is 5.02 Å². The largest absolute Gasteiger partial charge is 0.454 e. The number of hydrogen-bond donors (Lipinski definition) is 0. The van der Waals surface area contributed by atoms with Gasteiger partial charge >= 0.3 is 0 Å². The first-order valence-corrected chi connectivity index (χ1v) is 11.1. The van der Waals surface area contributed by atoms with Crippen molar-refractivity contribution < 1.29 is 14.3 Å². The van der Waals surface area contributed by atoms with E-state index in [1.165, 1.54) is 0 Å². The molecule has 166 valence electrons. The van der Waals surface area contributed by atoms with Crippen LogP contribution in [0.4, 0.5) is 0 Å². The van der Waals surface area contributed by atoms with Crippen LogP contribution in [0.15, 0.2) is 47.4 Å². The van der Waals surface area contributed by atoms with Crippen molar-refractivity contribution in [3.8, 4) is 11.5 Å². The molecule has 3 aromatic rings. The molecule has 2 aromatic carbocycles. The SMILES string of the molecule is CCn1cc(C(=O)N2CCN(Cc3ccc4c(c3)OCO4)CC2)c(=O)c2cc(Cl)ccc21. The quantitative estimate of drug-likeness (QED) is 0.606. The molecule has 2 aliphatic rings. The van der Waals surface area contributed by atoms with Crippen molar-refractivity contribution in [2.75, 3.05) is 33.0 Å². The normalized spacial score (nSPS) is 16.0. The van der Waals surface area contributed by atoms with Gasteiger partial charge in [-0.25, -0.2) is 0 Å². The molecule has 7 nitrogen and oxygen atoms in total. The topological polar surface area (TPSA) is 64.0 Å². The van der Waals surface area contributed by atoms with Gasteiger partial charge in [0.15, 0.2) is 11.5 Å². The van der Waals surface area contributed by atoms with Gasteiger partial charge in [0.05, 0.1) is 5.52 Å². The minimum atomic E-state index is -0.264. The van der Waals surface area contributed by atoms with Crippen molar-refractivity contribution in [2.24, 2.45) is 0 Å². The van der Waals surface area contributed by atoms with Gasteiger partial charge < -0.3 is 18.9 Å². The van der Waals surface area contributed by atoms with E-state index in [0.29, 0.717) is 30.0 Å². The van der Waals surface area contributed by atoms with Gasteiger partial charge in [-0.3, -0.25) is 14.5 Å². The Morgan fingerprint density at radius 3 is 2.59 bits per heavy atom. The van der Waals surface area contributed by atoms with Gasteiger partial charge in [0, 0.05) is 55.9 Å². The molecule has 1 aromatic heterocycles. The summed E-state index contributed by atoms with van der Waals surface area (Å²) in [4.78, 5) is 30.4. The summed E-state index contributed by atoms with van der Waals surface area (Å²) < 4.78 is 12.8. The molecule has 0 aliphatic carbocycles. The maximum Gasteiger partial charge on any atom is 0.259 e. The molecule has 1 fully saturated rings. The number of aryl methyl sites for hydroxylation is 1. The fourth-order valence-electron chi connectivity index (χ4n) is 4.36. The molecule has 0 bridgehead atoms. The van der Waals surface area contributed by atoms with Crippen LogP contribution < -0.4 is 14.9 Å². The van der Waals surface area contributed by atoms with Crippen molar-refractivity contribution in [2.45, 2.75) is 20.0 Å². The molecule has 1 saturated heterocycles. The van der Waals surface area contributed by atoms with Crippen molar-refractivity contribution >= 4 is 28.4 Å². The lowest BCUT2D eigenvalue weighted by atomic mass is 10.1. The average molecular weight is 454 g/mol. The number of carbonyl (C=O) groups excluding carboxylic acids is 1. The van der Waals surface area contributed by atoms with E-state index in [2.05, 4.69) is 4.90 Å². The van der Waals surface area contributed by atoms with E-state index in [9.17, 15) is 9.59 Å². The number of halogens is 1. The Kier molecular flexibility index (Phi) is 5.53. The first-order valence-electron chi connectivity index (χ1n) is 10.8. The maximum atomic E-state index is 13.2. The number of carbonyl (C=O) groups is 1. The van der Waals surface area contributed by atoms with Gasteiger partial charge in [0.25, 0.3) is 5.91 Å². The molecule has 1 amide bonds. The van der Waals surface area contributed by atoms with Crippen LogP contribution in [0, 0.1) is 0 Å². The maximum absolute atomic E-state index is 13.2. The van der Waals surface area contributed by atoms with Crippen molar-refractivity contribution in [3.05, 3.63) is 69.0 Å². The molecule has 0 atom stereocenters. The number of benzene rings is 2. The monoisotopic (exact) mass is 453 g/mol.